The molecule has 1 aliphatic carbocycles. The van der Waals surface area contributed by atoms with Crippen molar-refractivity contribution in [2.24, 2.45) is 5.92 Å². The highest BCUT2D eigenvalue weighted by molar-refractivity contribution is 5.71. The van der Waals surface area contributed by atoms with Crippen LogP contribution in [0, 0.1) is 5.92 Å². The topological polar surface area (TPSA) is 29.5 Å². The minimum absolute atomic E-state index is 0.0509. The molecule has 2 rings (SSSR count). The predicted octanol–water partition coefficient (Wildman–Crippen LogP) is 1.81. The molecule has 1 saturated carbocycles. The lowest BCUT2D eigenvalue weighted by molar-refractivity contribution is -0.145. The molecule has 15 heavy (non-hydrogen) atoms. The molecule has 0 aromatic heterocycles. The molecule has 1 aliphatic heterocycles. The Kier molecular flexibility index (Phi) is 3.62. The van der Waals surface area contributed by atoms with Gasteiger partial charge in [0, 0.05) is 6.04 Å². The predicted molar refractivity (Wildman–Crippen MR) is 58.6 cm³/mol. The van der Waals surface area contributed by atoms with Crippen molar-refractivity contribution in [1.29, 1.82) is 0 Å². The Morgan fingerprint density at radius 1 is 1.33 bits per heavy atom. The Hall–Kier alpha value is -0.570. The van der Waals surface area contributed by atoms with Gasteiger partial charge in [-0.25, -0.2) is 0 Å². The largest absolute Gasteiger partial charge is 0.465 e. The molecule has 2 unspecified atom stereocenters. The zero-order valence-electron chi connectivity index (χ0n) is 9.58. The fourth-order valence-corrected chi connectivity index (χ4v) is 3.13. The molecule has 86 valence electrons. The molecule has 0 bridgehead atoms. The van der Waals surface area contributed by atoms with Crippen molar-refractivity contribution in [2.45, 2.75) is 45.1 Å². The number of carbonyl (C=O) groups excluding carboxylic acids is 1. The summed E-state index contributed by atoms with van der Waals surface area (Å²) in [6, 6.07) is 0.670. The number of nitrogens with zero attached hydrogens (tertiary/aromatic N) is 1. The Morgan fingerprint density at radius 2 is 2.13 bits per heavy atom. The average molecular weight is 211 g/mol. The van der Waals surface area contributed by atoms with Crippen molar-refractivity contribution in [2.75, 3.05) is 19.7 Å². The average Bonchev–Trinajstić information content (AvgIpc) is 2.67. The zero-order chi connectivity index (χ0) is 10.7. The van der Waals surface area contributed by atoms with Gasteiger partial charge in [-0.1, -0.05) is 6.42 Å². The normalized spacial score (nSPS) is 31.3. The summed E-state index contributed by atoms with van der Waals surface area (Å²) in [5.41, 5.74) is 0. The molecule has 0 N–H and O–H groups in total. The first kappa shape index (κ1) is 10.9. The van der Waals surface area contributed by atoms with Crippen molar-refractivity contribution in [3.8, 4) is 0 Å². The zero-order valence-corrected chi connectivity index (χ0v) is 9.58. The first-order valence-electron chi connectivity index (χ1n) is 6.21. The third-order valence-corrected chi connectivity index (χ3v) is 3.75. The molecule has 1 saturated heterocycles. The van der Waals surface area contributed by atoms with Crippen LogP contribution in [-0.2, 0) is 9.53 Å². The van der Waals surface area contributed by atoms with Gasteiger partial charge >= 0.3 is 5.97 Å². The third kappa shape index (κ3) is 2.51. The van der Waals surface area contributed by atoms with Gasteiger partial charge in [-0.3, -0.25) is 9.69 Å². The molecule has 0 aromatic carbocycles. The summed E-state index contributed by atoms with van der Waals surface area (Å²) >= 11 is 0. The fourth-order valence-electron chi connectivity index (χ4n) is 3.13. The van der Waals surface area contributed by atoms with Crippen LogP contribution in [0.2, 0.25) is 0 Å². The molecule has 2 fully saturated rings. The van der Waals surface area contributed by atoms with Crippen molar-refractivity contribution < 1.29 is 9.53 Å². The molecule has 3 nitrogen and oxygen atoms in total. The summed E-state index contributed by atoms with van der Waals surface area (Å²) in [5, 5.41) is 0. The maximum Gasteiger partial charge on any atom is 0.320 e. The standard InChI is InChI=1S/C12H21NO2/c1-2-15-12(14)9-13-8-4-6-10-5-3-7-11(10)13/h10-11H,2-9H2,1H3. The quantitative estimate of drug-likeness (QED) is 0.667. The summed E-state index contributed by atoms with van der Waals surface area (Å²) < 4.78 is 5.01. The van der Waals surface area contributed by atoms with Gasteiger partial charge in [0.15, 0.2) is 0 Å². The first-order valence-corrected chi connectivity index (χ1v) is 6.21. The Labute approximate surface area is 91.8 Å². The number of piperidine rings is 1. The molecule has 1 heterocycles. The lowest BCUT2D eigenvalue weighted by atomic mass is 9.92. The van der Waals surface area contributed by atoms with Gasteiger partial charge in [-0.2, -0.15) is 0 Å². The van der Waals surface area contributed by atoms with E-state index in [9.17, 15) is 4.79 Å². The minimum atomic E-state index is -0.0509. The van der Waals surface area contributed by atoms with Crippen LogP contribution in [0.4, 0.5) is 0 Å². The lowest BCUT2D eigenvalue weighted by Gasteiger charge is -2.36. The monoisotopic (exact) mass is 211 g/mol. The molecular formula is C12H21NO2. The fraction of sp³-hybridized carbons (Fsp3) is 0.917. The number of fused-ring (bicyclic) bond motifs is 1. The molecule has 0 radical (unpaired) electrons. The van der Waals surface area contributed by atoms with Crippen molar-refractivity contribution >= 4 is 5.97 Å². The number of carbonyl (C=O) groups is 1. The highest BCUT2D eigenvalue weighted by Crippen LogP contribution is 2.36. The van der Waals surface area contributed by atoms with Gasteiger partial charge in [0.1, 0.15) is 0 Å². The highest BCUT2D eigenvalue weighted by Gasteiger charge is 2.35. The number of likely N-dealkylation sites (tertiary alicyclic amines) is 1. The number of hydrogen-bond acceptors (Lipinski definition) is 3. The van der Waals surface area contributed by atoms with Gasteiger partial charge in [0.25, 0.3) is 0 Å². The van der Waals surface area contributed by atoms with E-state index in [1.165, 1.54) is 32.1 Å². The van der Waals surface area contributed by atoms with Crippen LogP contribution in [0.25, 0.3) is 0 Å². The number of esters is 1. The van der Waals surface area contributed by atoms with Crippen molar-refractivity contribution in [3.05, 3.63) is 0 Å². The van der Waals surface area contributed by atoms with Gasteiger partial charge in [-0.05, 0) is 45.1 Å². The number of hydrogen-bond donors (Lipinski definition) is 0. The van der Waals surface area contributed by atoms with E-state index in [1.54, 1.807) is 0 Å². The second kappa shape index (κ2) is 4.97. The summed E-state index contributed by atoms with van der Waals surface area (Å²) in [4.78, 5) is 13.8. The molecule has 0 amide bonds. The second-order valence-corrected chi connectivity index (χ2v) is 4.68. The third-order valence-electron chi connectivity index (χ3n) is 3.75. The van der Waals surface area contributed by atoms with Gasteiger partial charge < -0.3 is 4.74 Å². The van der Waals surface area contributed by atoms with E-state index < -0.39 is 0 Å². The van der Waals surface area contributed by atoms with E-state index in [0.29, 0.717) is 19.2 Å². The molecule has 2 aliphatic rings. The Bertz CT molecular complexity index is 230. The number of rotatable bonds is 3. The second-order valence-electron chi connectivity index (χ2n) is 4.68. The van der Waals surface area contributed by atoms with Crippen LogP contribution < -0.4 is 0 Å². The minimum Gasteiger partial charge on any atom is -0.465 e. The molecule has 2 atom stereocenters. The van der Waals surface area contributed by atoms with Gasteiger partial charge in [0.05, 0.1) is 13.2 Å². The highest BCUT2D eigenvalue weighted by atomic mass is 16.5. The summed E-state index contributed by atoms with van der Waals surface area (Å²) in [6.07, 6.45) is 6.60. The maximum absolute atomic E-state index is 11.4. The summed E-state index contributed by atoms with van der Waals surface area (Å²) in [6.45, 7) is 3.96. The van der Waals surface area contributed by atoms with E-state index in [-0.39, 0.29) is 5.97 Å². The van der Waals surface area contributed by atoms with Crippen LogP contribution in [0.15, 0.2) is 0 Å². The molecule has 3 heteroatoms. The molecule has 0 spiro atoms. The van der Waals surface area contributed by atoms with E-state index >= 15 is 0 Å². The Morgan fingerprint density at radius 3 is 2.93 bits per heavy atom. The first-order chi connectivity index (χ1) is 7.31. The summed E-state index contributed by atoms with van der Waals surface area (Å²) in [7, 11) is 0. The van der Waals surface area contributed by atoms with E-state index in [0.717, 1.165) is 12.5 Å². The van der Waals surface area contributed by atoms with Crippen LogP contribution in [0.1, 0.15) is 39.0 Å². The van der Waals surface area contributed by atoms with Crippen LogP contribution in [0.5, 0.6) is 0 Å². The van der Waals surface area contributed by atoms with Crippen LogP contribution >= 0.6 is 0 Å². The van der Waals surface area contributed by atoms with E-state index in [4.69, 9.17) is 4.74 Å². The maximum atomic E-state index is 11.4. The van der Waals surface area contributed by atoms with Gasteiger partial charge in [0.2, 0.25) is 0 Å². The van der Waals surface area contributed by atoms with E-state index in [1.807, 2.05) is 6.92 Å². The Balaban J connectivity index is 1.87. The molecular weight excluding hydrogens is 190 g/mol. The number of ether oxygens (including phenoxy) is 1. The SMILES string of the molecule is CCOC(=O)CN1CCCC2CCCC21. The smallest absolute Gasteiger partial charge is 0.320 e. The van der Waals surface area contributed by atoms with Crippen molar-refractivity contribution in [1.82, 2.24) is 4.90 Å². The van der Waals surface area contributed by atoms with Crippen molar-refractivity contribution in [3.63, 3.8) is 0 Å². The van der Waals surface area contributed by atoms with E-state index in [2.05, 4.69) is 4.90 Å². The summed E-state index contributed by atoms with van der Waals surface area (Å²) in [5.74, 6) is 0.804. The lowest BCUT2D eigenvalue weighted by Crippen LogP contribution is -2.45. The van der Waals surface area contributed by atoms with Gasteiger partial charge in [-0.15, -0.1) is 0 Å². The molecule has 0 aromatic rings. The van der Waals surface area contributed by atoms with Crippen LogP contribution in [-0.4, -0.2) is 36.6 Å². The van der Waals surface area contributed by atoms with Crippen LogP contribution in [0.3, 0.4) is 0 Å².